The Balaban J connectivity index is 2.50. The van der Waals surface area contributed by atoms with Crippen molar-refractivity contribution in [2.24, 2.45) is 5.84 Å². The molecule has 0 heterocycles. The Morgan fingerprint density at radius 2 is 1.56 bits per heavy atom. The summed E-state index contributed by atoms with van der Waals surface area (Å²) in [6.45, 7) is 0. The number of rotatable bonds is 3. The van der Waals surface area contributed by atoms with Crippen LogP contribution in [0.25, 0.3) is 0 Å². The fourth-order valence-corrected chi connectivity index (χ4v) is 1.77. The Kier molecular flexibility index (Phi) is 3.64. The Bertz CT molecular complexity index is 543. The maximum Gasteiger partial charge on any atom is 0.194 e. The molecule has 5 heteroatoms. The van der Waals surface area contributed by atoms with Crippen LogP contribution in [-0.2, 0) is 0 Å². The minimum absolute atomic E-state index is 0.0393. The van der Waals surface area contributed by atoms with Crippen molar-refractivity contribution in [3.63, 3.8) is 0 Å². The van der Waals surface area contributed by atoms with Gasteiger partial charge in [0.25, 0.3) is 0 Å². The Hall–Kier alpha value is -1.85. The summed E-state index contributed by atoms with van der Waals surface area (Å²) in [6, 6.07) is 10.0. The first-order valence-electron chi connectivity index (χ1n) is 5.29. The molecule has 0 saturated heterocycles. The van der Waals surface area contributed by atoms with Crippen molar-refractivity contribution < 1.29 is 13.2 Å². The maximum atomic E-state index is 13.7. The van der Waals surface area contributed by atoms with Gasteiger partial charge in [-0.15, -0.1) is 0 Å². The Morgan fingerprint density at radius 3 is 2.17 bits per heavy atom. The Morgan fingerprint density at radius 1 is 0.889 bits per heavy atom. The van der Waals surface area contributed by atoms with E-state index in [1.807, 2.05) is 0 Å². The maximum absolute atomic E-state index is 13.7. The monoisotopic (exact) mass is 252 g/mol. The highest BCUT2D eigenvalue weighted by molar-refractivity contribution is 5.33. The van der Waals surface area contributed by atoms with E-state index in [2.05, 4.69) is 5.43 Å². The van der Waals surface area contributed by atoms with Gasteiger partial charge in [0.2, 0.25) is 0 Å². The van der Waals surface area contributed by atoms with E-state index in [1.165, 1.54) is 6.07 Å². The van der Waals surface area contributed by atoms with Crippen molar-refractivity contribution in [1.82, 2.24) is 5.43 Å². The van der Waals surface area contributed by atoms with E-state index in [9.17, 15) is 13.2 Å². The van der Waals surface area contributed by atoms with Gasteiger partial charge in [-0.25, -0.2) is 18.6 Å². The van der Waals surface area contributed by atoms with E-state index < -0.39 is 23.5 Å². The van der Waals surface area contributed by atoms with Crippen LogP contribution in [0.4, 0.5) is 13.2 Å². The third-order valence-electron chi connectivity index (χ3n) is 2.68. The highest BCUT2D eigenvalue weighted by Gasteiger charge is 2.21. The van der Waals surface area contributed by atoms with Gasteiger partial charge in [-0.05, 0) is 11.6 Å². The number of hydrazine groups is 1. The molecule has 0 bridgehead atoms. The van der Waals surface area contributed by atoms with Crippen LogP contribution in [0.3, 0.4) is 0 Å². The zero-order valence-electron chi connectivity index (χ0n) is 9.33. The van der Waals surface area contributed by atoms with Crippen LogP contribution in [0.15, 0.2) is 42.5 Å². The summed E-state index contributed by atoms with van der Waals surface area (Å²) in [5.41, 5.74) is 3.01. The zero-order chi connectivity index (χ0) is 13.1. The highest BCUT2D eigenvalue weighted by Crippen LogP contribution is 2.26. The lowest BCUT2D eigenvalue weighted by Gasteiger charge is -2.17. The normalized spacial score (nSPS) is 12.4. The Labute approximate surface area is 102 Å². The molecule has 0 aliphatic heterocycles. The van der Waals surface area contributed by atoms with Crippen molar-refractivity contribution in [1.29, 1.82) is 0 Å². The van der Waals surface area contributed by atoms with E-state index in [1.54, 1.807) is 30.3 Å². The average molecular weight is 252 g/mol. The van der Waals surface area contributed by atoms with Gasteiger partial charge in [-0.1, -0.05) is 36.4 Å². The van der Waals surface area contributed by atoms with E-state index in [4.69, 9.17) is 5.84 Å². The van der Waals surface area contributed by atoms with Gasteiger partial charge in [0.05, 0.1) is 6.04 Å². The van der Waals surface area contributed by atoms with Crippen LogP contribution in [-0.4, -0.2) is 0 Å². The van der Waals surface area contributed by atoms with Gasteiger partial charge < -0.3 is 0 Å². The largest absolute Gasteiger partial charge is 0.271 e. The summed E-state index contributed by atoms with van der Waals surface area (Å²) in [6.07, 6.45) is 0. The molecule has 0 aromatic heterocycles. The quantitative estimate of drug-likeness (QED) is 0.500. The number of benzene rings is 2. The summed E-state index contributed by atoms with van der Waals surface area (Å²) in [4.78, 5) is 0. The molecule has 0 aliphatic carbocycles. The van der Waals surface area contributed by atoms with Gasteiger partial charge in [0.15, 0.2) is 17.5 Å². The van der Waals surface area contributed by atoms with Crippen molar-refractivity contribution in [2.75, 3.05) is 0 Å². The SMILES string of the molecule is NNC(c1ccccc1)c1ccc(F)c(F)c1F. The molecule has 2 aromatic carbocycles. The molecular formula is C13H11F3N2. The van der Waals surface area contributed by atoms with Gasteiger partial charge in [0, 0.05) is 5.56 Å². The predicted molar refractivity (Wildman–Crippen MR) is 61.9 cm³/mol. The van der Waals surface area contributed by atoms with Gasteiger partial charge in [-0.2, -0.15) is 0 Å². The van der Waals surface area contributed by atoms with Gasteiger partial charge in [0.1, 0.15) is 0 Å². The van der Waals surface area contributed by atoms with Crippen molar-refractivity contribution >= 4 is 0 Å². The predicted octanol–water partition coefficient (Wildman–Crippen LogP) is 2.66. The standard InChI is InChI=1S/C13H11F3N2/c14-10-7-6-9(11(15)12(10)16)13(18-17)8-4-2-1-3-5-8/h1-7,13,18H,17H2. The molecule has 0 amide bonds. The van der Waals surface area contributed by atoms with Crippen LogP contribution >= 0.6 is 0 Å². The molecule has 1 atom stereocenters. The van der Waals surface area contributed by atoms with Crippen molar-refractivity contribution in [3.05, 3.63) is 71.0 Å². The van der Waals surface area contributed by atoms with Crippen LogP contribution in [0.1, 0.15) is 17.2 Å². The second-order valence-electron chi connectivity index (χ2n) is 3.77. The fraction of sp³-hybridized carbons (Fsp3) is 0.0769. The molecule has 0 spiro atoms. The first-order chi connectivity index (χ1) is 8.65. The van der Waals surface area contributed by atoms with Crippen LogP contribution < -0.4 is 11.3 Å². The molecule has 0 fully saturated rings. The van der Waals surface area contributed by atoms with E-state index in [0.717, 1.165) is 6.07 Å². The van der Waals surface area contributed by atoms with E-state index in [-0.39, 0.29) is 5.56 Å². The summed E-state index contributed by atoms with van der Waals surface area (Å²) < 4.78 is 39.7. The molecule has 2 nitrogen and oxygen atoms in total. The van der Waals surface area contributed by atoms with Crippen molar-refractivity contribution in [3.8, 4) is 0 Å². The summed E-state index contributed by atoms with van der Waals surface area (Å²) in [5.74, 6) is 1.41. The van der Waals surface area contributed by atoms with E-state index >= 15 is 0 Å². The number of hydrogen-bond donors (Lipinski definition) is 2. The lowest BCUT2D eigenvalue weighted by atomic mass is 9.98. The molecular weight excluding hydrogens is 241 g/mol. The van der Waals surface area contributed by atoms with Crippen LogP contribution in [0, 0.1) is 17.5 Å². The van der Waals surface area contributed by atoms with Gasteiger partial charge in [-0.3, -0.25) is 5.84 Å². The average Bonchev–Trinajstić information content (AvgIpc) is 2.41. The van der Waals surface area contributed by atoms with E-state index in [0.29, 0.717) is 5.56 Å². The summed E-state index contributed by atoms with van der Waals surface area (Å²) >= 11 is 0. The number of hydrogen-bond acceptors (Lipinski definition) is 2. The molecule has 2 aromatic rings. The smallest absolute Gasteiger partial charge is 0.194 e. The molecule has 0 saturated carbocycles. The third kappa shape index (κ3) is 2.23. The number of nitrogens with two attached hydrogens (primary N) is 1. The van der Waals surface area contributed by atoms with Gasteiger partial charge >= 0.3 is 0 Å². The zero-order valence-corrected chi connectivity index (χ0v) is 9.33. The lowest BCUT2D eigenvalue weighted by molar-refractivity contribution is 0.433. The topological polar surface area (TPSA) is 38.0 Å². The van der Waals surface area contributed by atoms with Crippen molar-refractivity contribution in [2.45, 2.75) is 6.04 Å². The minimum Gasteiger partial charge on any atom is -0.271 e. The first kappa shape index (κ1) is 12.6. The third-order valence-corrected chi connectivity index (χ3v) is 2.68. The number of halogens is 3. The molecule has 0 radical (unpaired) electrons. The number of nitrogens with one attached hydrogen (secondary N) is 1. The molecule has 3 N–H and O–H groups in total. The summed E-state index contributed by atoms with van der Waals surface area (Å²) in [7, 11) is 0. The molecule has 1 unspecified atom stereocenters. The second kappa shape index (κ2) is 5.20. The van der Waals surface area contributed by atoms with Crippen LogP contribution in [0.5, 0.6) is 0 Å². The highest BCUT2D eigenvalue weighted by atomic mass is 19.2. The van der Waals surface area contributed by atoms with Crippen LogP contribution in [0.2, 0.25) is 0 Å². The molecule has 18 heavy (non-hydrogen) atoms. The molecule has 2 rings (SSSR count). The first-order valence-corrected chi connectivity index (χ1v) is 5.29. The lowest BCUT2D eigenvalue weighted by Crippen LogP contribution is -2.29. The summed E-state index contributed by atoms with van der Waals surface area (Å²) in [5, 5.41) is 0. The molecule has 0 aliphatic rings. The minimum atomic E-state index is -1.50. The molecule has 94 valence electrons. The second-order valence-corrected chi connectivity index (χ2v) is 3.77. The fourth-order valence-electron chi connectivity index (χ4n) is 1.77.